The first-order valence-electron chi connectivity index (χ1n) is 6.00. The molecule has 4 nitrogen and oxygen atoms in total. The summed E-state index contributed by atoms with van der Waals surface area (Å²) in [6.07, 6.45) is 2.22. The Hall–Kier alpha value is -1.84. The molecule has 2 N–H and O–H groups in total. The molecule has 90 valence electrons. The highest BCUT2D eigenvalue weighted by Crippen LogP contribution is 2.10. The van der Waals surface area contributed by atoms with Gasteiger partial charge >= 0.3 is 0 Å². The topological polar surface area (TPSA) is 57.8 Å². The number of H-pyrrole nitrogens is 1. The van der Waals surface area contributed by atoms with E-state index in [1.807, 2.05) is 31.2 Å². The third-order valence-corrected chi connectivity index (χ3v) is 2.60. The number of carbonyl (C=O) groups excluding carboxylic acids is 1. The zero-order valence-corrected chi connectivity index (χ0v) is 9.99. The van der Waals surface area contributed by atoms with Gasteiger partial charge in [0, 0.05) is 19.4 Å². The highest BCUT2D eigenvalue weighted by atomic mass is 16.1. The zero-order valence-electron chi connectivity index (χ0n) is 9.99. The van der Waals surface area contributed by atoms with E-state index in [2.05, 4.69) is 15.3 Å². The van der Waals surface area contributed by atoms with Gasteiger partial charge in [0.2, 0.25) is 5.91 Å². The maximum absolute atomic E-state index is 11.3. The third-order valence-electron chi connectivity index (χ3n) is 2.60. The van der Waals surface area contributed by atoms with Crippen molar-refractivity contribution in [2.75, 3.05) is 6.54 Å². The van der Waals surface area contributed by atoms with Crippen molar-refractivity contribution < 1.29 is 4.79 Å². The minimum absolute atomic E-state index is 0.114. The predicted octanol–water partition coefficient (Wildman–Crippen LogP) is 2.02. The van der Waals surface area contributed by atoms with Crippen LogP contribution in [0.1, 0.15) is 25.6 Å². The molecule has 0 bridgehead atoms. The lowest BCUT2D eigenvalue weighted by Gasteiger charge is -2.01. The lowest BCUT2D eigenvalue weighted by molar-refractivity contribution is -0.121. The van der Waals surface area contributed by atoms with Crippen molar-refractivity contribution in [2.45, 2.75) is 26.2 Å². The summed E-state index contributed by atoms with van der Waals surface area (Å²) in [5, 5.41) is 2.88. The quantitative estimate of drug-likeness (QED) is 0.827. The molecule has 0 spiro atoms. The molecule has 1 amide bonds. The normalized spacial score (nSPS) is 10.6. The lowest BCUT2D eigenvalue weighted by Crippen LogP contribution is -2.25. The molecular weight excluding hydrogens is 214 g/mol. The van der Waals surface area contributed by atoms with Crippen molar-refractivity contribution in [2.24, 2.45) is 0 Å². The molecule has 17 heavy (non-hydrogen) atoms. The van der Waals surface area contributed by atoms with Crippen molar-refractivity contribution in [3.8, 4) is 0 Å². The van der Waals surface area contributed by atoms with Crippen LogP contribution in [-0.4, -0.2) is 22.4 Å². The fraction of sp³-hybridized carbons (Fsp3) is 0.385. The number of para-hydroxylation sites is 2. The van der Waals surface area contributed by atoms with E-state index < -0.39 is 0 Å². The van der Waals surface area contributed by atoms with Gasteiger partial charge < -0.3 is 10.3 Å². The van der Waals surface area contributed by atoms with E-state index in [-0.39, 0.29) is 5.91 Å². The Morgan fingerprint density at radius 3 is 3.00 bits per heavy atom. The Morgan fingerprint density at radius 1 is 1.41 bits per heavy atom. The van der Waals surface area contributed by atoms with Crippen LogP contribution >= 0.6 is 0 Å². The molecule has 2 aromatic rings. The molecule has 0 saturated carbocycles. The van der Waals surface area contributed by atoms with E-state index in [1.54, 1.807) is 0 Å². The minimum Gasteiger partial charge on any atom is -0.356 e. The van der Waals surface area contributed by atoms with Crippen LogP contribution in [0.5, 0.6) is 0 Å². The monoisotopic (exact) mass is 231 g/mol. The minimum atomic E-state index is 0.114. The summed E-state index contributed by atoms with van der Waals surface area (Å²) in [5.74, 6) is 1.03. The number of amides is 1. The largest absolute Gasteiger partial charge is 0.356 e. The summed E-state index contributed by atoms with van der Waals surface area (Å²) >= 11 is 0. The predicted molar refractivity (Wildman–Crippen MR) is 67.7 cm³/mol. The van der Waals surface area contributed by atoms with Gasteiger partial charge in [-0.15, -0.1) is 0 Å². The van der Waals surface area contributed by atoms with E-state index in [9.17, 15) is 4.79 Å². The molecule has 0 atom stereocenters. The second-order valence-corrected chi connectivity index (χ2v) is 4.05. The molecule has 0 radical (unpaired) electrons. The molecule has 2 rings (SSSR count). The highest BCUT2D eigenvalue weighted by Gasteiger charge is 2.03. The molecular formula is C13H17N3O. The first-order valence-corrected chi connectivity index (χ1v) is 6.00. The van der Waals surface area contributed by atoms with Crippen LogP contribution in [0.4, 0.5) is 0 Å². The molecule has 0 aliphatic carbocycles. The van der Waals surface area contributed by atoms with Gasteiger partial charge in [0.1, 0.15) is 5.82 Å². The Labute approximate surface area is 100 Å². The number of hydrogen-bond donors (Lipinski definition) is 2. The number of carbonyl (C=O) groups is 1. The van der Waals surface area contributed by atoms with Gasteiger partial charge in [-0.05, 0) is 18.6 Å². The molecule has 1 aromatic heterocycles. The van der Waals surface area contributed by atoms with Crippen LogP contribution in [0.2, 0.25) is 0 Å². The lowest BCUT2D eigenvalue weighted by atomic mass is 10.3. The van der Waals surface area contributed by atoms with E-state index in [4.69, 9.17) is 0 Å². The molecule has 4 heteroatoms. The SMILES string of the molecule is CCCC(=O)NCCc1nc2ccccc2[nH]1. The summed E-state index contributed by atoms with van der Waals surface area (Å²) in [6.45, 7) is 2.64. The number of nitrogens with zero attached hydrogens (tertiary/aromatic N) is 1. The van der Waals surface area contributed by atoms with Crippen molar-refractivity contribution in [1.29, 1.82) is 0 Å². The molecule has 0 aliphatic rings. The summed E-state index contributed by atoms with van der Waals surface area (Å²) in [5.41, 5.74) is 2.02. The smallest absolute Gasteiger partial charge is 0.219 e. The Balaban J connectivity index is 1.89. The van der Waals surface area contributed by atoms with Gasteiger partial charge in [-0.3, -0.25) is 4.79 Å². The summed E-state index contributed by atoms with van der Waals surface area (Å²) in [4.78, 5) is 19.0. The average molecular weight is 231 g/mol. The van der Waals surface area contributed by atoms with Crippen molar-refractivity contribution in [3.63, 3.8) is 0 Å². The van der Waals surface area contributed by atoms with Gasteiger partial charge in [-0.2, -0.15) is 0 Å². The molecule has 0 saturated heterocycles. The zero-order chi connectivity index (χ0) is 12.1. The van der Waals surface area contributed by atoms with Gasteiger partial charge in [0.15, 0.2) is 0 Å². The van der Waals surface area contributed by atoms with Crippen LogP contribution in [0, 0.1) is 0 Å². The van der Waals surface area contributed by atoms with Gasteiger partial charge in [0.25, 0.3) is 0 Å². The number of fused-ring (bicyclic) bond motifs is 1. The number of imidazole rings is 1. The number of rotatable bonds is 5. The fourth-order valence-corrected chi connectivity index (χ4v) is 1.76. The van der Waals surface area contributed by atoms with Gasteiger partial charge in [-0.25, -0.2) is 4.98 Å². The first-order chi connectivity index (χ1) is 8.29. The van der Waals surface area contributed by atoms with Crippen LogP contribution in [0.3, 0.4) is 0 Å². The number of aromatic nitrogens is 2. The van der Waals surface area contributed by atoms with Crippen molar-refractivity contribution in [3.05, 3.63) is 30.1 Å². The van der Waals surface area contributed by atoms with Gasteiger partial charge in [-0.1, -0.05) is 19.1 Å². The highest BCUT2D eigenvalue weighted by molar-refractivity contribution is 5.76. The van der Waals surface area contributed by atoms with Crippen molar-refractivity contribution in [1.82, 2.24) is 15.3 Å². The Bertz CT molecular complexity index is 471. The molecule has 0 fully saturated rings. The summed E-state index contributed by atoms with van der Waals surface area (Å²) < 4.78 is 0. The summed E-state index contributed by atoms with van der Waals surface area (Å²) in [7, 11) is 0. The summed E-state index contributed by atoms with van der Waals surface area (Å²) in [6, 6.07) is 7.93. The maximum atomic E-state index is 11.3. The molecule has 1 heterocycles. The fourth-order valence-electron chi connectivity index (χ4n) is 1.76. The number of hydrogen-bond acceptors (Lipinski definition) is 2. The third kappa shape index (κ3) is 3.06. The number of benzene rings is 1. The Kier molecular flexibility index (Phi) is 3.75. The van der Waals surface area contributed by atoms with Crippen molar-refractivity contribution >= 4 is 16.9 Å². The number of aromatic amines is 1. The van der Waals surface area contributed by atoms with E-state index in [0.29, 0.717) is 13.0 Å². The average Bonchev–Trinajstić information content (AvgIpc) is 2.71. The first kappa shape index (κ1) is 11.6. The second-order valence-electron chi connectivity index (χ2n) is 4.05. The standard InChI is InChI=1S/C13H17N3O/c1-2-5-13(17)14-9-8-12-15-10-6-3-4-7-11(10)16-12/h3-4,6-7H,2,5,8-9H2,1H3,(H,14,17)(H,15,16). The number of nitrogens with one attached hydrogen (secondary N) is 2. The van der Waals surface area contributed by atoms with Crippen LogP contribution in [0.25, 0.3) is 11.0 Å². The molecule has 1 aromatic carbocycles. The van der Waals surface area contributed by atoms with E-state index >= 15 is 0 Å². The Morgan fingerprint density at radius 2 is 2.24 bits per heavy atom. The van der Waals surface area contributed by atoms with E-state index in [0.717, 1.165) is 29.7 Å². The van der Waals surface area contributed by atoms with E-state index in [1.165, 1.54) is 0 Å². The second kappa shape index (κ2) is 5.48. The van der Waals surface area contributed by atoms with Crippen LogP contribution in [-0.2, 0) is 11.2 Å². The van der Waals surface area contributed by atoms with Gasteiger partial charge in [0.05, 0.1) is 11.0 Å². The molecule has 0 aliphatic heterocycles. The van der Waals surface area contributed by atoms with Crippen LogP contribution in [0.15, 0.2) is 24.3 Å². The maximum Gasteiger partial charge on any atom is 0.219 e. The molecule has 0 unspecified atom stereocenters. The van der Waals surface area contributed by atoms with Crippen LogP contribution < -0.4 is 5.32 Å².